The fraction of sp³-hybridized carbons (Fsp3) is 0.444. The fourth-order valence-electron chi connectivity index (χ4n) is 2.37. The van der Waals surface area contributed by atoms with E-state index in [9.17, 15) is 4.79 Å². The minimum absolute atomic E-state index is 0.0997. The third-order valence-electron chi connectivity index (χ3n) is 3.45. The van der Waals surface area contributed by atoms with Crippen molar-refractivity contribution < 1.29 is 0 Å². The van der Waals surface area contributed by atoms with Gasteiger partial charge < -0.3 is 10.3 Å². The van der Waals surface area contributed by atoms with Gasteiger partial charge in [-0.25, -0.2) is 4.98 Å². The van der Waals surface area contributed by atoms with Gasteiger partial charge in [-0.3, -0.25) is 4.79 Å². The number of aromatic amines is 1. The summed E-state index contributed by atoms with van der Waals surface area (Å²) in [5.74, 6) is 0.429. The van der Waals surface area contributed by atoms with Crippen LogP contribution in [-0.2, 0) is 6.42 Å². The molecule has 0 aliphatic heterocycles. The smallest absolute Gasteiger partial charge is 0.270 e. The normalized spacial score (nSPS) is 11.7. The zero-order valence-electron chi connectivity index (χ0n) is 14.2. The van der Waals surface area contributed by atoms with Crippen molar-refractivity contribution in [2.45, 2.75) is 47.1 Å². The lowest BCUT2D eigenvalue weighted by atomic mass is 9.96. The van der Waals surface area contributed by atoms with Crippen LogP contribution in [0.2, 0.25) is 0 Å². The Labute approximate surface area is 132 Å². The minimum Gasteiger partial charge on any atom is -0.384 e. The second kappa shape index (κ2) is 8.37. The molecule has 120 valence electrons. The van der Waals surface area contributed by atoms with E-state index in [4.69, 9.17) is 0 Å². The number of H-pyrrole nitrogens is 1. The first-order valence-corrected chi connectivity index (χ1v) is 7.96. The Bertz CT molecular complexity index is 674. The summed E-state index contributed by atoms with van der Waals surface area (Å²) < 4.78 is 0. The molecule has 1 atom stereocenters. The lowest BCUT2D eigenvalue weighted by molar-refractivity contribution is 0.459. The predicted octanol–water partition coefficient (Wildman–Crippen LogP) is 3.94. The molecule has 4 heteroatoms. The molecule has 1 aromatic carbocycles. The van der Waals surface area contributed by atoms with Crippen LogP contribution in [0.3, 0.4) is 0 Å². The second-order valence-corrected chi connectivity index (χ2v) is 5.24. The number of hydrogen-bond donors (Lipinski definition) is 2. The molecule has 0 aliphatic rings. The highest BCUT2D eigenvalue weighted by atomic mass is 16.1. The molecule has 0 saturated heterocycles. The summed E-state index contributed by atoms with van der Waals surface area (Å²) in [5, 5.41) is 3.27. The zero-order valence-corrected chi connectivity index (χ0v) is 14.2. The Hall–Kier alpha value is -2.10. The molecule has 0 bridgehead atoms. The molecule has 22 heavy (non-hydrogen) atoms. The number of nitrogens with zero attached hydrogens (tertiary/aromatic N) is 1. The maximum atomic E-state index is 11.8. The van der Waals surface area contributed by atoms with E-state index in [0.29, 0.717) is 18.0 Å². The Morgan fingerprint density at radius 3 is 2.59 bits per heavy atom. The SMILES string of the molecule is C=CNC(c1ccc2[nH]c(=O)c(CC)nc2c1)C(C)C.CC. The largest absolute Gasteiger partial charge is 0.384 e. The van der Waals surface area contributed by atoms with E-state index in [2.05, 4.69) is 35.7 Å². The van der Waals surface area contributed by atoms with Gasteiger partial charge in [0.05, 0.1) is 17.1 Å². The maximum Gasteiger partial charge on any atom is 0.270 e. The molecular weight excluding hydrogens is 274 g/mol. The molecule has 0 spiro atoms. The summed E-state index contributed by atoms with van der Waals surface area (Å²) >= 11 is 0. The number of fused-ring (bicyclic) bond motifs is 1. The Balaban J connectivity index is 0.00000116. The number of rotatable bonds is 5. The minimum atomic E-state index is -0.0997. The van der Waals surface area contributed by atoms with Gasteiger partial charge in [-0.05, 0) is 36.2 Å². The third-order valence-corrected chi connectivity index (χ3v) is 3.45. The van der Waals surface area contributed by atoms with Gasteiger partial charge in [0.15, 0.2) is 0 Å². The van der Waals surface area contributed by atoms with Crippen molar-refractivity contribution in [2.75, 3.05) is 0 Å². The van der Waals surface area contributed by atoms with Gasteiger partial charge in [-0.2, -0.15) is 0 Å². The van der Waals surface area contributed by atoms with Gasteiger partial charge >= 0.3 is 0 Å². The second-order valence-electron chi connectivity index (χ2n) is 5.24. The van der Waals surface area contributed by atoms with Crippen LogP contribution >= 0.6 is 0 Å². The Kier molecular flexibility index (Phi) is 6.83. The van der Waals surface area contributed by atoms with Crippen molar-refractivity contribution in [3.05, 3.63) is 52.6 Å². The molecule has 1 unspecified atom stereocenters. The van der Waals surface area contributed by atoms with Crippen molar-refractivity contribution in [1.82, 2.24) is 15.3 Å². The molecule has 4 nitrogen and oxygen atoms in total. The molecule has 2 N–H and O–H groups in total. The van der Waals surface area contributed by atoms with Crippen molar-refractivity contribution in [2.24, 2.45) is 5.92 Å². The van der Waals surface area contributed by atoms with E-state index in [0.717, 1.165) is 16.6 Å². The monoisotopic (exact) mass is 301 g/mol. The fourth-order valence-corrected chi connectivity index (χ4v) is 2.37. The molecule has 1 aromatic heterocycles. The summed E-state index contributed by atoms with van der Waals surface area (Å²) in [7, 11) is 0. The number of nitrogens with one attached hydrogen (secondary N) is 2. The van der Waals surface area contributed by atoms with Gasteiger partial charge in [0, 0.05) is 0 Å². The molecule has 2 aromatic rings. The van der Waals surface area contributed by atoms with Gasteiger partial charge in [0.25, 0.3) is 5.56 Å². The van der Waals surface area contributed by atoms with Gasteiger partial charge in [-0.1, -0.05) is 47.3 Å². The lowest BCUT2D eigenvalue weighted by Crippen LogP contribution is -2.21. The van der Waals surface area contributed by atoms with Crippen molar-refractivity contribution in [3.8, 4) is 0 Å². The first-order valence-electron chi connectivity index (χ1n) is 7.96. The number of hydrogen-bond acceptors (Lipinski definition) is 3. The molecular formula is C18H27N3O. The highest BCUT2D eigenvalue weighted by Gasteiger charge is 2.15. The van der Waals surface area contributed by atoms with E-state index in [1.165, 1.54) is 0 Å². The van der Waals surface area contributed by atoms with Crippen LogP contribution in [0.1, 0.15) is 51.9 Å². The first kappa shape index (κ1) is 18.0. The standard InChI is InChI=1S/C16H21N3O.C2H6/c1-5-12-16(20)19-13-8-7-11(9-14(13)18-12)15(10(3)4)17-6-2;1-2/h6-10,15,17H,2,5H2,1,3-4H3,(H,19,20);1-2H3. The maximum absolute atomic E-state index is 11.8. The molecule has 0 amide bonds. The van der Waals surface area contributed by atoms with E-state index in [-0.39, 0.29) is 11.6 Å². The van der Waals surface area contributed by atoms with Crippen LogP contribution in [0, 0.1) is 5.92 Å². The lowest BCUT2D eigenvalue weighted by Gasteiger charge is -2.22. The zero-order chi connectivity index (χ0) is 16.7. The quantitative estimate of drug-likeness (QED) is 0.879. The van der Waals surface area contributed by atoms with E-state index < -0.39 is 0 Å². The van der Waals surface area contributed by atoms with Crippen LogP contribution < -0.4 is 10.9 Å². The highest BCUT2D eigenvalue weighted by Crippen LogP contribution is 2.24. The third kappa shape index (κ3) is 3.97. The number of aryl methyl sites for hydroxylation is 1. The molecule has 0 radical (unpaired) electrons. The van der Waals surface area contributed by atoms with Crippen LogP contribution in [0.25, 0.3) is 11.0 Å². The van der Waals surface area contributed by atoms with Gasteiger partial charge in [0.1, 0.15) is 5.69 Å². The summed E-state index contributed by atoms with van der Waals surface area (Å²) in [6, 6.07) is 6.16. The topological polar surface area (TPSA) is 57.8 Å². The van der Waals surface area contributed by atoms with E-state index >= 15 is 0 Å². The number of benzene rings is 1. The summed E-state index contributed by atoms with van der Waals surface area (Å²) in [4.78, 5) is 19.1. The van der Waals surface area contributed by atoms with Crippen molar-refractivity contribution in [3.63, 3.8) is 0 Å². The van der Waals surface area contributed by atoms with Crippen LogP contribution in [-0.4, -0.2) is 9.97 Å². The molecule has 0 fully saturated rings. The highest BCUT2D eigenvalue weighted by molar-refractivity contribution is 5.75. The van der Waals surface area contributed by atoms with Gasteiger partial charge in [-0.15, -0.1) is 0 Å². The number of aromatic nitrogens is 2. The first-order chi connectivity index (χ1) is 10.6. The van der Waals surface area contributed by atoms with Gasteiger partial charge in [0.2, 0.25) is 0 Å². The molecule has 0 aliphatic carbocycles. The Morgan fingerprint density at radius 2 is 2.05 bits per heavy atom. The van der Waals surface area contributed by atoms with Crippen LogP contribution in [0.4, 0.5) is 0 Å². The average Bonchev–Trinajstić information content (AvgIpc) is 2.53. The summed E-state index contributed by atoms with van der Waals surface area (Å²) in [5.41, 5.74) is 3.23. The Morgan fingerprint density at radius 1 is 1.36 bits per heavy atom. The van der Waals surface area contributed by atoms with E-state index in [1.807, 2.05) is 39.0 Å². The van der Waals surface area contributed by atoms with Crippen LogP contribution in [0.15, 0.2) is 35.8 Å². The molecule has 1 heterocycles. The van der Waals surface area contributed by atoms with Crippen molar-refractivity contribution in [1.29, 1.82) is 0 Å². The average molecular weight is 301 g/mol. The summed E-state index contributed by atoms with van der Waals surface area (Å²) in [6.07, 6.45) is 2.35. The van der Waals surface area contributed by atoms with Crippen LogP contribution in [0.5, 0.6) is 0 Å². The van der Waals surface area contributed by atoms with E-state index in [1.54, 1.807) is 6.20 Å². The predicted molar refractivity (Wildman–Crippen MR) is 94.0 cm³/mol. The summed E-state index contributed by atoms with van der Waals surface area (Å²) in [6.45, 7) is 14.0. The van der Waals surface area contributed by atoms with Crippen molar-refractivity contribution >= 4 is 11.0 Å². The molecule has 2 rings (SSSR count). The molecule has 0 saturated carbocycles.